The molecule has 0 spiro atoms. The molecule has 0 radical (unpaired) electrons. The van der Waals surface area contributed by atoms with E-state index in [4.69, 9.17) is 0 Å². The first-order valence-electron chi connectivity index (χ1n) is 5.94. The fourth-order valence-corrected chi connectivity index (χ4v) is 4.46. The van der Waals surface area contributed by atoms with Crippen LogP contribution in [0.15, 0.2) is 0 Å². The van der Waals surface area contributed by atoms with Crippen LogP contribution in [-0.2, 0) is 0 Å². The topological polar surface area (TPSA) is 0 Å². The standard InChI is InChI=1S/C12H28Si/c1-7-11(3)9-10-13(5,6)12(4)8-2/h11-12H,7-10H2,1-6H3. The Bertz CT molecular complexity index is 129. The van der Waals surface area contributed by atoms with E-state index in [0.29, 0.717) is 0 Å². The molecule has 0 aromatic rings. The Kier molecular flexibility index (Phi) is 5.94. The van der Waals surface area contributed by atoms with Gasteiger partial charge in [-0.3, -0.25) is 0 Å². The molecule has 0 aliphatic carbocycles. The number of hydrogen-bond acceptors (Lipinski definition) is 0. The third-order valence-corrected chi connectivity index (χ3v) is 8.58. The number of rotatable bonds is 6. The van der Waals surface area contributed by atoms with Crippen LogP contribution in [0, 0.1) is 5.92 Å². The second kappa shape index (κ2) is 5.84. The molecular weight excluding hydrogens is 172 g/mol. The molecule has 0 nitrogen and oxygen atoms in total. The molecule has 1 heteroatoms. The quantitative estimate of drug-likeness (QED) is 0.533. The Morgan fingerprint density at radius 1 is 1.00 bits per heavy atom. The third kappa shape index (κ3) is 4.85. The van der Waals surface area contributed by atoms with Gasteiger partial charge in [0.15, 0.2) is 0 Å². The molecule has 80 valence electrons. The van der Waals surface area contributed by atoms with Gasteiger partial charge < -0.3 is 0 Å². The molecule has 13 heavy (non-hydrogen) atoms. The van der Waals surface area contributed by atoms with Crippen LogP contribution in [0.5, 0.6) is 0 Å². The first-order chi connectivity index (χ1) is 5.94. The summed E-state index contributed by atoms with van der Waals surface area (Å²) in [7, 11) is -0.886. The van der Waals surface area contributed by atoms with Crippen molar-refractivity contribution in [3.8, 4) is 0 Å². The maximum Gasteiger partial charge on any atom is 0.0502 e. The van der Waals surface area contributed by atoms with E-state index in [0.717, 1.165) is 11.5 Å². The number of hydrogen-bond donors (Lipinski definition) is 0. The maximum atomic E-state index is 2.56. The minimum absolute atomic E-state index is 0.886. The highest BCUT2D eigenvalue weighted by atomic mass is 28.3. The zero-order valence-corrected chi connectivity index (χ0v) is 11.5. The van der Waals surface area contributed by atoms with Crippen molar-refractivity contribution >= 4 is 8.07 Å². The molecule has 0 bridgehead atoms. The predicted octanol–water partition coefficient (Wildman–Crippen LogP) is 4.93. The summed E-state index contributed by atoms with van der Waals surface area (Å²) in [6, 6.07) is 1.52. The van der Waals surface area contributed by atoms with Crippen LogP contribution < -0.4 is 0 Å². The molecule has 0 heterocycles. The van der Waals surface area contributed by atoms with Crippen LogP contribution >= 0.6 is 0 Å². The zero-order valence-electron chi connectivity index (χ0n) is 10.5. The maximum absolute atomic E-state index is 2.56. The predicted molar refractivity (Wildman–Crippen MR) is 66.1 cm³/mol. The summed E-state index contributed by atoms with van der Waals surface area (Å²) >= 11 is 0. The second-order valence-electron chi connectivity index (χ2n) is 5.35. The van der Waals surface area contributed by atoms with Crippen LogP contribution in [0.1, 0.15) is 47.0 Å². The minimum atomic E-state index is -0.886. The Labute approximate surface area is 86.1 Å². The first-order valence-corrected chi connectivity index (χ1v) is 9.22. The Hall–Kier alpha value is 0.217. The van der Waals surface area contributed by atoms with Crippen molar-refractivity contribution in [2.24, 2.45) is 5.92 Å². The molecule has 0 aromatic carbocycles. The van der Waals surface area contributed by atoms with E-state index in [9.17, 15) is 0 Å². The summed E-state index contributed by atoms with van der Waals surface area (Å²) in [5.41, 5.74) is 0.997. The van der Waals surface area contributed by atoms with E-state index in [-0.39, 0.29) is 0 Å². The van der Waals surface area contributed by atoms with Gasteiger partial charge in [-0.05, 0) is 11.5 Å². The summed E-state index contributed by atoms with van der Waals surface area (Å²) in [5, 5.41) is 0. The van der Waals surface area contributed by atoms with Crippen LogP contribution in [0.3, 0.4) is 0 Å². The molecule has 0 saturated carbocycles. The normalized spacial score (nSPS) is 17.1. The van der Waals surface area contributed by atoms with Crippen molar-refractivity contribution in [3.05, 3.63) is 0 Å². The molecule has 0 fully saturated rings. The Morgan fingerprint density at radius 3 is 1.92 bits per heavy atom. The van der Waals surface area contributed by atoms with Crippen LogP contribution in [0.4, 0.5) is 0 Å². The molecule has 2 unspecified atom stereocenters. The van der Waals surface area contributed by atoms with Gasteiger partial charge in [-0.1, -0.05) is 66.1 Å². The van der Waals surface area contributed by atoms with Crippen molar-refractivity contribution in [1.82, 2.24) is 0 Å². The van der Waals surface area contributed by atoms with Gasteiger partial charge in [0.2, 0.25) is 0 Å². The zero-order chi connectivity index (χ0) is 10.5. The van der Waals surface area contributed by atoms with Gasteiger partial charge in [-0.25, -0.2) is 0 Å². The van der Waals surface area contributed by atoms with E-state index in [1.807, 2.05) is 0 Å². The van der Waals surface area contributed by atoms with Crippen LogP contribution in [0.25, 0.3) is 0 Å². The molecule has 0 aliphatic rings. The average Bonchev–Trinajstić information content (AvgIpc) is 2.12. The van der Waals surface area contributed by atoms with Gasteiger partial charge in [-0.15, -0.1) is 0 Å². The molecule has 0 amide bonds. The van der Waals surface area contributed by atoms with Crippen molar-refractivity contribution in [2.75, 3.05) is 0 Å². The van der Waals surface area contributed by atoms with Gasteiger partial charge in [0.1, 0.15) is 0 Å². The molecule has 0 rings (SSSR count). The van der Waals surface area contributed by atoms with E-state index in [1.54, 1.807) is 0 Å². The monoisotopic (exact) mass is 200 g/mol. The SMILES string of the molecule is CCC(C)CC[Si](C)(C)C(C)CC. The molecular formula is C12H28Si. The van der Waals surface area contributed by atoms with E-state index >= 15 is 0 Å². The summed E-state index contributed by atoms with van der Waals surface area (Å²) in [4.78, 5) is 0. The Morgan fingerprint density at radius 2 is 1.54 bits per heavy atom. The van der Waals surface area contributed by atoms with Gasteiger partial charge in [0.05, 0.1) is 8.07 Å². The fourth-order valence-electron chi connectivity index (χ4n) is 1.62. The molecule has 0 aliphatic heterocycles. The lowest BCUT2D eigenvalue weighted by Crippen LogP contribution is -2.30. The molecule has 0 saturated heterocycles. The van der Waals surface area contributed by atoms with Crippen molar-refractivity contribution in [2.45, 2.75) is 71.6 Å². The van der Waals surface area contributed by atoms with Crippen molar-refractivity contribution < 1.29 is 0 Å². The lowest BCUT2D eigenvalue weighted by Gasteiger charge is -2.30. The van der Waals surface area contributed by atoms with Crippen LogP contribution in [-0.4, -0.2) is 8.07 Å². The van der Waals surface area contributed by atoms with Gasteiger partial charge in [0.25, 0.3) is 0 Å². The highest BCUT2D eigenvalue weighted by Crippen LogP contribution is 2.31. The smallest absolute Gasteiger partial charge is 0.0502 e. The highest BCUT2D eigenvalue weighted by molar-refractivity contribution is 6.78. The molecule has 0 aromatic heterocycles. The lowest BCUT2D eigenvalue weighted by molar-refractivity contribution is 0.538. The van der Waals surface area contributed by atoms with Gasteiger partial charge in [0, 0.05) is 0 Å². The van der Waals surface area contributed by atoms with Gasteiger partial charge >= 0.3 is 0 Å². The summed E-state index contributed by atoms with van der Waals surface area (Å²) in [6.07, 6.45) is 4.19. The lowest BCUT2D eigenvalue weighted by atomic mass is 10.1. The van der Waals surface area contributed by atoms with Crippen molar-refractivity contribution in [3.63, 3.8) is 0 Å². The van der Waals surface area contributed by atoms with E-state index in [2.05, 4.69) is 40.8 Å². The fraction of sp³-hybridized carbons (Fsp3) is 1.00. The van der Waals surface area contributed by atoms with Gasteiger partial charge in [-0.2, -0.15) is 0 Å². The van der Waals surface area contributed by atoms with E-state index < -0.39 is 8.07 Å². The Balaban J connectivity index is 3.88. The second-order valence-corrected chi connectivity index (χ2v) is 10.8. The summed E-state index contributed by atoms with van der Waals surface area (Å²) in [6.45, 7) is 14.6. The first kappa shape index (κ1) is 13.2. The van der Waals surface area contributed by atoms with E-state index in [1.165, 1.54) is 25.3 Å². The molecule has 2 atom stereocenters. The minimum Gasteiger partial charge on any atom is -0.0692 e. The molecule has 0 N–H and O–H groups in total. The van der Waals surface area contributed by atoms with Crippen molar-refractivity contribution in [1.29, 1.82) is 0 Å². The highest BCUT2D eigenvalue weighted by Gasteiger charge is 2.26. The third-order valence-electron chi connectivity index (χ3n) is 3.92. The summed E-state index contributed by atoms with van der Waals surface area (Å²) in [5.74, 6) is 0.941. The van der Waals surface area contributed by atoms with Crippen LogP contribution in [0.2, 0.25) is 24.7 Å². The summed E-state index contributed by atoms with van der Waals surface area (Å²) < 4.78 is 0. The largest absolute Gasteiger partial charge is 0.0692 e. The average molecular weight is 200 g/mol.